The fourth-order valence-electron chi connectivity index (χ4n) is 2.96. The molecule has 0 unspecified atom stereocenters. The van der Waals surface area contributed by atoms with Gasteiger partial charge in [-0.15, -0.1) is 0 Å². The van der Waals surface area contributed by atoms with Crippen LogP contribution in [0.4, 0.5) is 0 Å². The number of fused-ring (bicyclic) bond motifs is 3. The molecule has 1 aromatic carbocycles. The van der Waals surface area contributed by atoms with Crippen molar-refractivity contribution in [3.8, 4) is 0 Å². The number of benzene rings is 1. The molecule has 2 aliphatic rings. The van der Waals surface area contributed by atoms with Gasteiger partial charge in [-0.2, -0.15) is 0 Å². The van der Waals surface area contributed by atoms with Crippen molar-refractivity contribution in [2.45, 2.75) is 25.3 Å². The fraction of sp³-hybridized carbons (Fsp3) is 0.429. The van der Waals surface area contributed by atoms with E-state index in [1.165, 1.54) is 4.90 Å². The van der Waals surface area contributed by atoms with E-state index < -0.39 is 17.2 Å². The number of carbonyl (C=O) groups excluding carboxylic acids is 1. The Labute approximate surface area is 122 Å². The summed E-state index contributed by atoms with van der Waals surface area (Å²) < 4.78 is 0. The second kappa shape index (κ2) is 4.00. The molecule has 0 aromatic heterocycles. The molecule has 3 N–H and O–H groups in total. The van der Waals surface area contributed by atoms with Gasteiger partial charge in [-0.3, -0.25) is 4.79 Å². The van der Waals surface area contributed by atoms with Crippen molar-refractivity contribution >= 4 is 23.1 Å². The maximum absolute atomic E-state index is 12.6. The van der Waals surface area contributed by atoms with E-state index in [1.54, 1.807) is 24.3 Å². The highest BCUT2D eigenvalue weighted by Gasteiger charge is 2.71. The van der Waals surface area contributed by atoms with Crippen LogP contribution in [0.25, 0.3) is 0 Å². The SMILES string of the molecule is CC(C)CN1C(=S)N[C@]2(O)c3ccccc3C(=O)[C@]12O. The molecule has 1 aliphatic heterocycles. The standard InChI is InChI=1S/C14H16N2O3S/c1-8(2)7-16-12(20)15-13(18)10-6-4-3-5-9(10)11(17)14(13,16)19/h3-6,8,18-19H,7H2,1-2H3,(H,15,20)/t13-,14+/m0/s1. The number of nitrogens with one attached hydrogen (secondary N) is 1. The minimum atomic E-state index is -2.07. The van der Waals surface area contributed by atoms with Crippen molar-refractivity contribution in [2.24, 2.45) is 5.92 Å². The smallest absolute Gasteiger partial charge is 0.258 e. The third kappa shape index (κ3) is 1.38. The highest BCUT2D eigenvalue weighted by atomic mass is 32.1. The molecule has 1 heterocycles. The Bertz CT molecular complexity index is 618. The summed E-state index contributed by atoms with van der Waals surface area (Å²) in [5.74, 6) is -0.346. The Balaban J connectivity index is 2.18. The number of thiocarbonyl (C=S) groups is 1. The molecule has 1 aromatic rings. The molecule has 1 saturated heterocycles. The van der Waals surface area contributed by atoms with Crippen molar-refractivity contribution in [1.29, 1.82) is 0 Å². The van der Waals surface area contributed by atoms with E-state index >= 15 is 0 Å². The minimum absolute atomic E-state index is 0.178. The van der Waals surface area contributed by atoms with Crippen LogP contribution in [-0.2, 0) is 5.72 Å². The Kier molecular flexibility index (Phi) is 2.70. The Hall–Kier alpha value is -1.50. The molecule has 0 bridgehead atoms. The van der Waals surface area contributed by atoms with Crippen LogP contribution >= 0.6 is 12.2 Å². The average Bonchev–Trinajstić information content (AvgIpc) is 2.69. The zero-order valence-corrected chi connectivity index (χ0v) is 12.1. The van der Waals surface area contributed by atoms with Gasteiger partial charge in [0.2, 0.25) is 11.5 Å². The first-order valence-corrected chi connectivity index (χ1v) is 6.92. The van der Waals surface area contributed by atoms with Gasteiger partial charge in [0.25, 0.3) is 5.72 Å². The van der Waals surface area contributed by atoms with Gasteiger partial charge in [-0.25, -0.2) is 0 Å². The Morgan fingerprint density at radius 3 is 2.65 bits per heavy atom. The van der Waals surface area contributed by atoms with E-state index in [0.717, 1.165) is 0 Å². The molecule has 0 amide bonds. The zero-order valence-electron chi connectivity index (χ0n) is 11.3. The first-order valence-electron chi connectivity index (χ1n) is 6.51. The summed E-state index contributed by atoms with van der Waals surface area (Å²) in [7, 11) is 0. The fourth-order valence-corrected chi connectivity index (χ4v) is 3.31. The molecular formula is C14H16N2O3S. The van der Waals surface area contributed by atoms with Gasteiger partial charge in [0.1, 0.15) is 0 Å². The minimum Gasteiger partial charge on any atom is -0.363 e. The molecule has 3 rings (SSSR count). The number of nitrogens with zero attached hydrogens (tertiary/aromatic N) is 1. The monoisotopic (exact) mass is 292 g/mol. The van der Waals surface area contributed by atoms with Crippen LogP contribution in [0.2, 0.25) is 0 Å². The predicted molar refractivity (Wildman–Crippen MR) is 76.9 cm³/mol. The summed E-state index contributed by atoms with van der Waals surface area (Å²) >= 11 is 5.18. The van der Waals surface area contributed by atoms with E-state index in [2.05, 4.69) is 5.32 Å². The van der Waals surface area contributed by atoms with Crippen LogP contribution in [0.15, 0.2) is 24.3 Å². The molecule has 20 heavy (non-hydrogen) atoms. The van der Waals surface area contributed by atoms with Crippen LogP contribution in [0.3, 0.4) is 0 Å². The van der Waals surface area contributed by atoms with Crippen LogP contribution in [0.5, 0.6) is 0 Å². The first kappa shape index (κ1) is 13.5. The molecule has 106 valence electrons. The maximum atomic E-state index is 12.6. The Morgan fingerprint density at radius 2 is 2.00 bits per heavy atom. The second-order valence-corrected chi connectivity index (χ2v) is 6.08. The summed E-state index contributed by atoms with van der Waals surface area (Å²) in [4.78, 5) is 14.0. The number of ketones is 1. The van der Waals surface area contributed by atoms with Crippen LogP contribution in [-0.4, -0.2) is 38.3 Å². The van der Waals surface area contributed by atoms with Gasteiger partial charge < -0.3 is 20.4 Å². The zero-order chi connectivity index (χ0) is 14.7. The Morgan fingerprint density at radius 1 is 1.35 bits per heavy atom. The van der Waals surface area contributed by atoms with E-state index in [-0.39, 0.29) is 11.0 Å². The lowest BCUT2D eigenvalue weighted by atomic mass is 9.99. The topological polar surface area (TPSA) is 72.8 Å². The highest BCUT2D eigenvalue weighted by molar-refractivity contribution is 7.80. The lowest BCUT2D eigenvalue weighted by Crippen LogP contribution is -2.60. The van der Waals surface area contributed by atoms with Gasteiger partial charge in [0.15, 0.2) is 5.11 Å². The number of rotatable bonds is 2. The van der Waals surface area contributed by atoms with E-state index in [4.69, 9.17) is 12.2 Å². The lowest BCUT2D eigenvalue weighted by Gasteiger charge is -2.35. The van der Waals surface area contributed by atoms with Crippen molar-refractivity contribution in [2.75, 3.05) is 6.54 Å². The third-order valence-electron chi connectivity index (χ3n) is 3.85. The lowest BCUT2D eigenvalue weighted by molar-refractivity contribution is -0.165. The summed E-state index contributed by atoms with van der Waals surface area (Å²) in [6, 6.07) is 6.64. The third-order valence-corrected chi connectivity index (χ3v) is 4.18. The first-order chi connectivity index (χ1) is 9.32. The number of aliphatic hydroxyl groups is 2. The molecule has 0 radical (unpaired) electrons. The van der Waals surface area contributed by atoms with Gasteiger partial charge >= 0.3 is 0 Å². The largest absolute Gasteiger partial charge is 0.363 e. The molecular weight excluding hydrogens is 276 g/mol. The number of Topliss-reactive ketones (excluding diaryl/α,β-unsaturated/α-hetero) is 1. The average molecular weight is 292 g/mol. The van der Waals surface area contributed by atoms with Crippen molar-refractivity contribution in [3.63, 3.8) is 0 Å². The molecule has 5 nitrogen and oxygen atoms in total. The summed E-state index contributed by atoms with van der Waals surface area (Å²) in [6.07, 6.45) is 0. The number of hydrogen-bond donors (Lipinski definition) is 3. The molecule has 0 spiro atoms. The maximum Gasteiger partial charge on any atom is 0.258 e. The summed E-state index contributed by atoms with van der Waals surface area (Å²) in [6.45, 7) is 4.29. The molecule has 1 fully saturated rings. The van der Waals surface area contributed by atoms with E-state index in [0.29, 0.717) is 17.7 Å². The highest BCUT2D eigenvalue weighted by Crippen LogP contribution is 2.48. The van der Waals surface area contributed by atoms with Gasteiger partial charge in [-0.05, 0) is 18.1 Å². The number of hydrogen-bond acceptors (Lipinski definition) is 4. The quantitative estimate of drug-likeness (QED) is 0.692. The normalized spacial score (nSPS) is 31.6. The summed E-state index contributed by atoms with van der Waals surface area (Å²) in [5.41, 5.74) is -3.27. The van der Waals surface area contributed by atoms with Crippen LogP contribution < -0.4 is 5.32 Å². The van der Waals surface area contributed by atoms with Gasteiger partial charge in [0.05, 0.1) is 0 Å². The number of carbonyl (C=O) groups is 1. The van der Waals surface area contributed by atoms with Gasteiger partial charge in [0, 0.05) is 17.7 Å². The van der Waals surface area contributed by atoms with E-state index in [9.17, 15) is 15.0 Å². The molecule has 0 saturated carbocycles. The summed E-state index contributed by atoms with van der Waals surface area (Å²) in [5, 5.41) is 24.7. The van der Waals surface area contributed by atoms with Crippen LogP contribution in [0, 0.1) is 5.92 Å². The molecule has 2 atom stereocenters. The van der Waals surface area contributed by atoms with Crippen molar-refractivity contribution in [3.05, 3.63) is 35.4 Å². The molecule has 1 aliphatic carbocycles. The molecule has 6 heteroatoms. The van der Waals surface area contributed by atoms with Crippen molar-refractivity contribution < 1.29 is 15.0 Å². The van der Waals surface area contributed by atoms with Gasteiger partial charge in [-0.1, -0.05) is 38.1 Å². The van der Waals surface area contributed by atoms with Crippen molar-refractivity contribution in [1.82, 2.24) is 10.2 Å². The van der Waals surface area contributed by atoms with E-state index in [1.807, 2.05) is 13.8 Å². The predicted octanol–water partition coefficient (Wildman–Crippen LogP) is 0.563. The second-order valence-electron chi connectivity index (χ2n) is 5.69. The van der Waals surface area contributed by atoms with Crippen LogP contribution in [0.1, 0.15) is 29.8 Å².